The van der Waals surface area contributed by atoms with Crippen molar-refractivity contribution in [2.75, 3.05) is 6.61 Å². The van der Waals surface area contributed by atoms with Crippen LogP contribution in [0.2, 0.25) is 0 Å². The van der Waals surface area contributed by atoms with Crippen molar-refractivity contribution < 1.29 is 4.74 Å². The highest BCUT2D eigenvalue weighted by Gasteiger charge is 1.99. The monoisotopic (exact) mass is 263 g/mol. The average Bonchev–Trinajstić information content (AvgIpc) is 2.49. The van der Waals surface area contributed by atoms with Gasteiger partial charge in [0, 0.05) is 0 Å². The summed E-state index contributed by atoms with van der Waals surface area (Å²) in [6.45, 7) is 3.14. The van der Waals surface area contributed by atoms with Crippen LogP contribution in [0.4, 0.5) is 0 Å². The van der Waals surface area contributed by atoms with Crippen LogP contribution in [0.15, 0.2) is 54.6 Å². The van der Waals surface area contributed by atoms with E-state index < -0.39 is 0 Å². The van der Waals surface area contributed by atoms with E-state index in [1.54, 1.807) is 0 Å². The molecule has 0 amide bonds. The maximum Gasteiger partial charge on any atom is 0.0991 e. The van der Waals surface area contributed by atoms with E-state index in [0.29, 0.717) is 18.8 Å². The lowest BCUT2D eigenvalue weighted by atomic mass is 10.1. The van der Waals surface area contributed by atoms with E-state index in [1.807, 2.05) is 55.5 Å². The number of nitriles is 1. The summed E-state index contributed by atoms with van der Waals surface area (Å²) in [5, 5.41) is 8.82. The van der Waals surface area contributed by atoms with Crippen molar-refractivity contribution in [1.29, 1.82) is 5.26 Å². The number of hydrogen-bond donors (Lipinski definition) is 0. The van der Waals surface area contributed by atoms with Crippen molar-refractivity contribution >= 4 is 6.08 Å². The number of hydrogen-bond acceptors (Lipinski definition) is 2. The lowest BCUT2D eigenvalue weighted by Gasteiger charge is -2.06. The molecule has 0 aliphatic carbocycles. The molecule has 0 unspecified atom stereocenters. The largest absolute Gasteiger partial charge is 0.373 e. The molecule has 2 rings (SSSR count). The Kier molecular flexibility index (Phi) is 5.11. The minimum Gasteiger partial charge on any atom is -0.373 e. The molecule has 0 atom stereocenters. The zero-order valence-electron chi connectivity index (χ0n) is 11.5. The van der Waals surface area contributed by atoms with Crippen molar-refractivity contribution in [3.05, 3.63) is 76.9 Å². The molecular formula is C18H17NO. The molecule has 0 aliphatic rings. The number of benzene rings is 2. The topological polar surface area (TPSA) is 33.0 Å². The second-order valence-electron chi connectivity index (χ2n) is 4.58. The van der Waals surface area contributed by atoms with E-state index >= 15 is 0 Å². The third-order valence-corrected chi connectivity index (χ3v) is 3.05. The molecular weight excluding hydrogens is 246 g/mol. The minimum absolute atomic E-state index is 0.566. The maximum absolute atomic E-state index is 8.82. The Hall–Kier alpha value is -2.37. The highest BCUT2D eigenvalue weighted by atomic mass is 16.5. The van der Waals surface area contributed by atoms with E-state index in [2.05, 4.69) is 18.2 Å². The van der Waals surface area contributed by atoms with Crippen molar-refractivity contribution in [1.82, 2.24) is 0 Å². The molecule has 0 heterocycles. The Balaban J connectivity index is 1.82. The molecule has 0 radical (unpaired) electrons. The molecule has 100 valence electrons. The Morgan fingerprint density at radius 1 is 1.15 bits per heavy atom. The zero-order valence-corrected chi connectivity index (χ0v) is 11.5. The number of aryl methyl sites for hydroxylation is 1. The van der Waals surface area contributed by atoms with Crippen molar-refractivity contribution in [3.63, 3.8) is 0 Å². The third-order valence-electron chi connectivity index (χ3n) is 3.05. The normalized spacial score (nSPS) is 10.6. The van der Waals surface area contributed by atoms with E-state index in [-0.39, 0.29) is 0 Å². The lowest BCUT2D eigenvalue weighted by Crippen LogP contribution is -1.96. The smallest absolute Gasteiger partial charge is 0.0991 e. The van der Waals surface area contributed by atoms with Gasteiger partial charge >= 0.3 is 0 Å². The molecule has 2 aromatic carbocycles. The Bertz CT molecular complexity index is 624. The molecule has 0 saturated heterocycles. The summed E-state index contributed by atoms with van der Waals surface area (Å²) in [6, 6.07) is 17.9. The fourth-order valence-corrected chi connectivity index (χ4v) is 1.91. The van der Waals surface area contributed by atoms with E-state index in [0.717, 1.165) is 11.1 Å². The van der Waals surface area contributed by atoms with Gasteiger partial charge in [-0.1, -0.05) is 48.6 Å². The predicted molar refractivity (Wildman–Crippen MR) is 81.0 cm³/mol. The van der Waals surface area contributed by atoms with Crippen molar-refractivity contribution in [2.24, 2.45) is 0 Å². The summed E-state index contributed by atoms with van der Waals surface area (Å²) < 4.78 is 5.63. The van der Waals surface area contributed by atoms with Crippen LogP contribution < -0.4 is 0 Å². The highest BCUT2D eigenvalue weighted by molar-refractivity contribution is 5.48. The summed E-state index contributed by atoms with van der Waals surface area (Å²) in [5.74, 6) is 0. The second-order valence-corrected chi connectivity index (χ2v) is 4.58. The van der Waals surface area contributed by atoms with Crippen LogP contribution in [0.1, 0.15) is 22.3 Å². The van der Waals surface area contributed by atoms with Gasteiger partial charge in [0.15, 0.2) is 0 Å². The fourth-order valence-electron chi connectivity index (χ4n) is 1.91. The SMILES string of the molecule is Cc1cc(C#N)ccc1COC/C=C/c1ccccc1. The maximum atomic E-state index is 8.82. The predicted octanol–water partition coefficient (Wildman–Crippen LogP) is 4.10. The van der Waals surface area contributed by atoms with E-state index in [9.17, 15) is 0 Å². The molecule has 0 bridgehead atoms. The Labute approximate surface area is 119 Å². The quantitative estimate of drug-likeness (QED) is 0.761. The molecule has 2 heteroatoms. The van der Waals surface area contributed by atoms with Gasteiger partial charge in [-0.15, -0.1) is 0 Å². The van der Waals surface area contributed by atoms with Gasteiger partial charge in [0.05, 0.1) is 24.8 Å². The van der Waals surface area contributed by atoms with Crippen LogP contribution >= 0.6 is 0 Å². The van der Waals surface area contributed by atoms with Crippen molar-refractivity contribution in [2.45, 2.75) is 13.5 Å². The first-order valence-electron chi connectivity index (χ1n) is 6.58. The molecule has 20 heavy (non-hydrogen) atoms. The first-order valence-corrected chi connectivity index (χ1v) is 6.58. The number of nitrogens with zero attached hydrogens (tertiary/aromatic N) is 1. The van der Waals surface area contributed by atoms with Gasteiger partial charge in [0.2, 0.25) is 0 Å². The molecule has 0 spiro atoms. The molecule has 0 fully saturated rings. The van der Waals surface area contributed by atoms with Gasteiger partial charge in [-0.3, -0.25) is 0 Å². The summed E-state index contributed by atoms with van der Waals surface area (Å²) in [4.78, 5) is 0. The van der Waals surface area contributed by atoms with Crippen LogP contribution in [0.25, 0.3) is 6.08 Å². The summed E-state index contributed by atoms with van der Waals surface area (Å²) in [7, 11) is 0. The Morgan fingerprint density at radius 2 is 1.95 bits per heavy atom. The van der Waals surface area contributed by atoms with Gasteiger partial charge in [-0.2, -0.15) is 5.26 Å². The lowest BCUT2D eigenvalue weighted by molar-refractivity contribution is 0.148. The number of ether oxygens (including phenoxy) is 1. The fraction of sp³-hybridized carbons (Fsp3) is 0.167. The van der Waals surface area contributed by atoms with Crippen LogP contribution in [0.3, 0.4) is 0 Å². The molecule has 0 N–H and O–H groups in total. The van der Waals surface area contributed by atoms with Gasteiger partial charge in [0.25, 0.3) is 0 Å². The molecule has 2 aromatic rings. The van der Waals surface area contributed by atoms with Crippen molar-refractivity contribution in [3.8, 4) is 6.07 Å². The molecule has 0 aromatic heterocycles. The summed E-state index contributed by atoms with van der Waals surface area (Å²) in [5.41, 5.74) is 4.08. The Morgan fingerprint density at radius 3 is 2.65 bits per heavy atom. The first kappa shape index (κ1) is 14.0. The van der Waals surface area contributed by atoms with Gasteiger partial charge in [-0.25, -0.2) is 0 Å². The highest BCUT2D eigenvalue weighted by Crippen LogP contribution is 2.11. The number of rotatable bonds is 5. The van der Waals surface area contributed by atoms with Gasteiger partial charge in [0.1, 0.15) is 0 Å². The third kappa shape index (κ3) is 4.08. The summed E-state index contributed by atoms with van der Waals surface area (Å²) in [6.07, 6.45) is 4.06. The molecule has 2 nitrogen and oxygen atoms in total. The van der Waals surface area contributed by atoms with E-state index in [4.69, 9.17) is 10.00 Å². The summed E-state index contributed by atoms with van der Waals surface area (Å²) >= 11 is 0. The van der Waals surface area contributed by atoms with Crippen LogP contribution in [0.5, 0.6) is 0 Å². The van der Waals surface area contributed by atoms with Gasteiger partial charge < -0.3 is 4.74 Å². The standard InChI is InChI=1S/C18H17NO/c1-15-12-17(13-19)9-10-18(15)14-20-11-5-8-16-6-3-2-4-7-16/h2-10,12H,11,14H2,1H3/b8-5+. The first-order chi connectivity index (χ1) is 9.79. The zero-order chi connectivity index (χ0) is 14.2. The van der Waals surface area contributed by atoms with E-state index in [1.165, 1.54) is 5.56 Å². The second kappa shape index (κ2) is 7.28. The van der Waals surface area contributed by atoms with Crippen LogP contribution in [-0.4, -0.2) is 6.61 Å². The van der Waals surface area contributed by atoms with Gasteiger partial charge in [-0.05, 0) is 35.7 Å². The van der Waals surface area contributed by atoms with Crippen LogP contribution in [0, 0.1) is 18.3 Å². The average molecular weight is 263 g/mol. The molecule has 0 saturated carbocycles. The molecule has 0 aliphatic heterocycles. The minimum atomic E-state index is 0.566. The van der Waals surface area contributed by atoms with Crippen LogP contribution in [-0.2, 0) is 11.3 Å².